The highest BCUT2D eigenvalue weighted by Crippen LogP contribution is 2.32. The second-order valence-electron chi connectivity index (χ2n) is 8.58. The van der Waals surface area contributed by atoms with Crippen LogP contribution in [0.1, 0.15) is 27.2 Å². The maximum atomic E-state index is 13.3. The lowest BCUT2D eigenvalue weighted by Crippen LogP contribution is -2.30. The molecule has 0 atom stereocenters. The second-order valence-corrected chi connectivity index (χ2v) is 9.44. The summed E-state index contributed by atoms with van der Waals surface area (Å²) in [4.78, 5) is 32.4. The number of fused-ring (bicyclic) bond motifs is 1. The van der Waals surface area contributed by atoms with Crippen LogP contribution in [-0.2, 0) is 17.6 Å². The summed E-state index contributed by atoms with van der Waals surface area (Å²) in [6, 6.07) is 21.6. The van der Waals surface area contributed by atoms with Gasteiger partial charge in [-0.05, 0) is 54.3 Å². The van der Waals surface area contributed by atoms with E-state index in [0.717, 1.165) is 50.9 Å². The quantitative estimate of drug-likeness (QED) is 0.378. The number of amides is 2. The van der Waals surface area contributed by atoms with Crippen molar-refractivity contribution in [2.75, 3.05) is 29.1 Å². The van der Waals surface area contributed by atoms with Crippen LogP contribution < -0.4 is 15.5 Å². The van der Waals surface area contributed by atoms with E-state index in [0.29, 0.717) is 12.1 Å². The van der Waals surface area contributed by atoms with Crippen LogP contribution in [0.25, 0.3) is 11.1 Å². The molecule has 0 aliphatic carbocycles. The van der Waals surface area contributed by atoms with Gasteiger partial charge in [0.2, 0.25) is 5.91 Å². The van der Waals surface area contributed by atoms with Gasteiger partial charge >= 0.3 is 0 Å². The Hall–Kier alpha value is -3.97. The van der Waals surface area contributed by atoms with Crippen LogP contribution >= 0.6 is 11.3 Å². The number of anilines is 3. The first kappa shape index (κ1) is 22.8. The summed E-state index contributed by atoms with van der Waals surface area (Å²) in [5.74, 6) is -0.122. The lowest BCUT2D eigenvalue weighted by atomic mass is 9.97. The standard InChI is InChI=1S/C28H26N4O2S/c1-18-8-10-23(19-6-4-3-5-7-19)24(14-18)27(34)30-21-9-11-25-20(15-21)12-13-32(25)26(33)16-22-17-35-28(29-2)31-22/h3-11,14-15,17H,12-13,16H2,1-2H3,(H,29,31)(H,30,34). The van der Waals surface area contributed by atoms with E-state index in [4.69, 9.17) is 0 Å². The SMILES string of the molecule is CNc1nc(CC(=O)N2CCc3cc(NC(=O)c4cc(C)ccc4-c4ccccc4)ccc32)cs1. The van der Waals surface area contributed by atoms with Crippen LogP contribution in [0.2, 0.25) is 0 Å². The summed E-state index contributed by atoms with van der Waals surface area (Å²) >= 11 is 1.49. The average molecular weight is 483 g/mol. The molecule has 0 radical (unpaired) electrons. The third kappa shape index (κ3) is 4.81. The molecule has 2 amide bonds. The van der Waals surface area contributed by atoms with Gasteiger partial charge in [-0.1, -0.05) is 48.0 Å². The molecule has 0 unspecified atom stereocenters. The Balaban J connectivity index is 1.33. The molecular weight excluding hydrogens is 456 g/mol. The smallest absolute Gasteiger partial charge is 0.256 e. The van der Waals surface area contributed by atoms with Crippen LogP contribution in [0, 0.1) is 6.92 Å². The van der Waals surface area contributed by atoms with Gasteiger partial charge in [0.05, 0.1) is 12.1 Å². The predicted octanol–water partition coefficient (Wildman–Crippen LogP) is 5.54. The van der Waals surface area contributed by atoms with E-state index in [2.05, 4.69) is 15.6 Å². The van der Waals surface area contributed by atoms with Crippen molar-refractivity contribution in [3.05, 3.63) is 94.5 Å². The predicted molar refractivity (Wildman–Crippen MR) is 142 cm³/mol. The van der Waals surface area contributed by atoms with Crippen molar-refractivity contribution >= 4 is 39.7 Å². The Morgan fingerprint density at radius 1 is 1.06 bits per heavy atom. The Morgan fingerprint density at radius 3 is 2.66 bits per heavy atom. The van der Waals surface area contributed by atoms with Gasteiger partial charge in [-0.2, -0.15) is 0 Å². The zero-order chi connectivity index (χ0) is 24.4. The third-order valence-corrected chi connectivity index (χ3v) is 7.05. The van der Waals surface area contributed by atoms with E-state index in [-0.39, 0.29) is 18.2 Å². The number of aromatic nitrogens is 1. The average Bonchev–Trinajstić information content (AvgIpc) is 3.51. The van der Waals surface area contributed by atoms with Crippen molar-refractivity contribution < 1.29 is 9.59 Å². The highest BCUT2D eigenvalue weighted by atomic mass is 32.1. The first-order valence-electron chi connectivity index (χ1n) is 11.5. The highest BCUT2D eigenvalue weighted by molar-refractivity contribution is 7.13. The maximum Gasteiger partial charge on any atom is 0.256 e. The number of benzene rings is 3. The fraction of sp³-hybridized carbons (Fsp3) is 0.179. The van der Waals surface area contributed by atoms with E-state index >= 15 is 0 Å². The van der Waals surface area contributed by atoms with Crippen LogP contribution in [-0.4, -0.2) is 30.4 Å². The second kappa shape index (κ2) is 9.72. The molecule has 0 spiro atoms. The van der Waals surface area contributed by atoms with Gasteiger partial charge in [0.15, 0.2) is 5.13 Å². The van der Waals surface area contributed by atoms with Crippen LogP contribution in [0.3, 0.4) is 0 Å². The number of hydrogen-bond acceptors (Lipinski definition) is 5. The van der Waals surface area contributed by atoms with E-state index in [1.165, 1.54) is 11.3 Å². The first-order valence-corrected chi connectivity index (χ1v) is 12.4. The molecular formula is C28H26N4O2S. The molecule has 0 bridgehead atoms. The molecule has 6 nitrogen and oxygen atoms in total. The Labute approximate surface area is 208 Å². The fourth-order valence-electron chi connectivity index (χ4n) is 4.41. The van der Waals surface area contributed by atoms with Crippen molar-refractivity contribution in [2.24, 2.45) is 0 Å². The summed E-state index contributed by atoms with van der Waals surface area (Å²) < 4.78 is 0. The molecule has 7 heteroatoms. The Morgan fingerprint density at radius 2 is 1.89 bits per heavy atom. The van der Waals surface area contributed by atoms with E-state index in [1.54, 1.807) is 0 Å². The minimum Gasteiger partial charge on any atom is -0.365 e. The largest absolute Gasteiger partial charge is 0.365 e. The normalized spacial score (nSPS) is 12.3. The van der Waals surface area contributed by atoms with Crippen LogP contribution in [0.15, 0.2) is 72.1 Å². The molecule has 1 aromatic heterocycles. The van der Waals surface area contributed by atoms with Gasteiger partial charge in [-0.15, -0.1) is 11.3 Å². The zero-order valence-corrected chi connectivity index (χ0v) is 20.5. The van der Waals surface area contributed by atoms with Gasteiger partial charge in [-0.25, -0.2) is 4.98 Å². The molecule has 1 aliphatic heterocycles. The van der Waals surface area contributed by atoms with E-state index < -0.39 is 0 Å². The van der Waals surface area contributed by atoms with Crippen molar-refractivity contribution in [1.29, 1.82) is 0 Å². The number of carbonyl (C=O) groups is 2. The summed E-state index contributed by atoms with van der Waals surface area (Å²) in [6.45, 7) is 2.61. The van der Waals surface area contributed by atoms with Crippen molar-refractivity contribution in [3.63, 3.8) is 0 Å². The van der Waals surface area contributed by atoms with Gasteiger partial charge in [-0.3, -0.25) is 9.59 Å². The lowest BCUT2D eigenvalue weighted by molar-refractivity contribution is -0.117. The molecule has 2 heterocycles. The number of aryl methyl sites for hydroxylation is 1. The van der Waals surface area contributed by atoms with Crippen LogP contribution in [0.4, 0.5) is 16.5 Å². The highest BCUT2D eigenvalue weighted by Gasteiger charge is 2.26. The van der Waals surface area contributed by atoms with E-state index in [1.807, 2.05) is 91.0 Å². The summed E-state index contributed by atoms with van der Waals surface area (Å²) in [5.41, 5.74) is 7.02. The van der Waals surface area contributed by atoms with Gasteiger partial charge in [0.1, 0.15) is 0 Å². The number of nitrogens with one attached hydrogen (secondary N) is 2. The molecule has 4 aromatic rings. The van der Waals surface area contributed by atoms with Crippen molar-refractivity contribution in [3.8, 4) is 11.1 Å². The lowest BCUT2D eigenvalue weighted by Gasteiger charge is -2.17. The number of rotatable bonds is 6. The molecule has 2 N–H and O–H groups in total. The topological polar surface area (TPSA) is 74.3 Å². The van der Waals surface area contributed by atoms with Crippen LogP contribution in [0.5, 0.6) is 0 Å². The third-order valence-electron chi connectivity index (χ3n) is 6.14. The molecule has 0 fully saturated rings. The van der Waals surface area contributed by atoms with E-state index in [9.17, 15) is 9.59 Å². The summed E-state index contributed by atoms with van der Waals surface area (Å²) in [6.07, 6.45) is 1.02. The summed E-state index contributed by atoms with van der Waals surface area (Å²) in [5, 5.41) is 8.78. The maximum absolute atomic E-state index is 13.3. The monoisotopic (exact) mass is 482 g/mol. The van der Waals surface area contributed by atoms with Crippen molar-refractivity contribution in [1.82, 2.24) is 4.98 Å². The van der Waals surface area contributed by atoms with Crippen molar-refractivity contribution in [2.45, 2.75) is 19.8 Å². The fourth-order valence-corrected chi connectivity index (χ4v) is 5.08. The minimum atomic E-state index is -0.151. The Bertz CT molecular complexity index is 1400. The molecule has 3 aromatic carbocycles. The molecule has 0 saturated heterocycles. The first-order chi connectivity index (χ1) is 17.0. The number of hydrogen-bond donors (Lipinski definition) is 2. The number of carbonyl (C=O) groups excluding carboxylic acids is 2. The molecule has 176 valence electrons. The van der Waals surface area contributed by atoms with Gasteiger partial charge < -0.3 is 15.5 Å². The van der Waals surface area contributed by atoms with Gasteiger partial charge in [0, 0.05) is 35.9 Å². The molecule has 1 aliphatic rings. The summed E-state index contributed by atoms with van der Waals surface area (Å²) in [7, 11) is 1.82. The molecule has 35 heavy (non-hydrogen) atoms. The zero-order valence-electron chi connectivity index (χ0n) is 19.7. The Kier molecular flexibility index (Phi) is 6.33. The molecule has 5 rings (SSSR count). The number of nitrogens with zero attached hydrogens (tertiary/aromatic N) is 2. The number of thiazole rings is 1. The molecule has 0 saturated carbocycles. The minimum absolute atomic E-state index is 0.0285. The van der Waals surface area contributed by atoms with Gasteiger partial charge in [0.25, 0.3) is 5.91 Å².